The summed E-state index contributed by atoms with van der Waals surface area (Å²) in [5, 5.41) is 11.3. The number of carbonyl (C=O) groups is 2. The summed E-state index contributed by atoms with van der Waals surface area (Å²) in [4.78, 5) is 27.7. The molecule has 3 aromatic carbocycles. The monoisotopic (exact) mass is 501 g/mol. The van der Waals surface area contributed by atoms with Crippen LogP contribution in [0.3, 0.4) is 0 Å². The molecule has 192 valence electrons. The van der Waals surface area contributed by atoms with Crippen LogP contribution in [0.15, 0.2) is 72.3 Å². The van der Waals surface area contributed by atoms with Crippen molar-refractivity contribution in [2.24, 2.45) is 0 Å². The third-order valence-corrected chi connectivity index (χ3v) is 6.46. The van der Waals surface area contributed by atoms with E-state index in [1.165, 1.54) is 17.6 Å². The summed E-state index contributed by atoms with van der Waals surface area (Å²) in [6.45, 7) is 4.65. The molecule has 0 aliphatic carbocycles. The van der Waals surface area contributed by atoms with Crippen molar-refractivity contribution in [3.63, 3.8) is 0 Å². The maximum absolute atomic E-state index is 13.2. The van der Waals surface area contributed by atoms with Crippen LogP contribution in [0.25, 0.3) is 5.76 Å². The Kier molecular flexibility index (Phi) is 7.94. The highest BCUT2D eigenvalue weighted by molar-refractivity contribution is 6.46. The van der Waals surface area contributed by atoms with Gasteiger partial charge in [-0.25, -0.2) is 0 Å². The van der Waals surface area contributed by atoms with E-state index >= 15 is 0 Å². The SMILES string of the molecule is COCCN1C(=O)C(=O)/C(=C(/O)c2ccc(OC)cc2C)C1c1cccc(OCc2ccc(C)cc2)c1. The fraction of sp³-hybridized carbons (Fsp3) is 0.267. The Balaban J connectivity index is 1.74. The number of rotatable bonds is 9. The Labute approximate surface area is 216 Å². The van der Waals surface area contributed by atoms with Crippen LogP contribution in [0, 0.1) is 13.8 Å². The van der Waals surface area contributed by atoms with Crippen molar-refractivity contribution < 1.29 is 28.9 Å². The number of likely N-dealkylation sites (tertiary alicyclic amines) is 1. The molecule has 1 aliphatic rings. The van der Waals surface area contributed by atoms with E-state index in [1.54, 1.807) is 31.4 Å². The van der Waals surface area contributed by atoms with Gasteiger partial charge in [0.1, 0.15) is 23.9 Å². The number of amides is 1. The molecule has 0 bridgehead atoms. The lowest BCUT2D eigenvalue weighted by molar-refractivity contribution is -0.140. The maximum atomic E-state index is 13.2. The summed E-state index contributed by atoms with van der Waals surface area (Å²) in [6.07, 6.45) is 0. The lowest BCUT2D eigenvalue weighted by Gasteiger charge is -2.25. The Morgan fingerprint density at radius 1 is 0.946 bits per heavy atom. The predicted molar refractivity (Wildman–Crippen MR) is 141 cm³/mol. The first-order chi connectivity index (χ1) is 17.8. The fourth-order valence-corrected chi connectivity index (χ4v) is 4.45. The maximum Gasteiger partial charge on any atom is 0.295 e. The second kappa shape index (κ2) is 11.3. The zero-order chi connectivity index (χ0) is 26.5. The third kappa shape index (κ3) is 5.52. The fourth-order valence-electron chi connectivity index (χ4n) is 4.45. The molecule has 7 nitrogen and oxygen atoms in total. The molecular weight excluding hydrogens is 470 g/mol. The normalized spacial score (nSPS) is 16.8. The van der Waals surface area contributed by atoms with Crippen molar-refractivity contribution in [2.45, 2.75) is 26.5 Å². The van der Waals surface area contributed by atoms with Gasteiger partial charge < -0.3 is 24.2 Å². The number of benzene rings is 3. The minimum Gasteiger partial charge on any atom is -0.507 e. The number of methoxy groups -OCH3 is 2. The van der Waals surface area contributed by atoms with Crippen molar-refractivity contribution in [1.29, 1.82) is 0 Å². The van der Waals surface area contributed by atoms with Gasteiger partial charge in [0, 0.05) is 19.2 Å². The van der Waals surface area contributed by atoms with Gasteiger partial charge in [-0.1, -0.05) is 42.0 Å². The molecule has 7 heteroatoms. The van der Waals surface area contributed by atoms with Crippen molar-refractivity contribution in [3.8, 4) is 11.5 Å². The smallest absolute Gasteiger partial charge is 0.295 e. The summed E-state index contributed by atoms with van der Waals surface area (Å²) in [5.41, 5.74) is 4.06. The molecular formula is C30H31NO6. The lowest BCUT2D eigenvalue weighted by Crippen LogP contribution is -2.32. The molecule has 1 unspecified atom stereocenters. The van der Waals surface area contributed by atoms with Gasteiger partial charge >= 0.3 is 0 Å². The van der Waals surface area contributed by atoms with E-state index in [0.29, 0.717) is 34.8 Å². The van der Waals surface area contributed by atoms with E-state index in [4.69, 9.17) is 14.2 Å². The van der Waals surface area contributed by atoms with Crippen LogP contribution < -0.4 is 9.47 Å². The first kappa shape index (κ1) is 26.0. The molecule has 1 amide bonds. The van der Waals surface area contributed by atoms with E-state index in [0.717, 1.165) is 5.56 Å². The molecule has 3 aromatic rings. The zero-order valence-corrected chi connectivity index (χ0v) is 21.5. The van der Waals surface area contributed by atoms with Crippen molar-refractivity contribution in [1.82, 2.24) is 4.90 Å². The number of carbonyl (C=O) groups excluding carboxylic acids is 2. The number of aliphatic hydroxyl groups excluding tert-OH is 1. The van der Waals surface area contributed by atoms with E-state index in [2.05, 4.69) is 0 Å². The second-order valence-electron chi connectivity index (χ2n) is 9.01. The number of ketones is 1. The van der Waals surface area contributed by atoms with Crippen LogP contribution in [0.4, 0.5) is 0 Å². The largest absolute Gasteiger partial charge is 0.507 e. The Bertz CT molecular complexity index is 1330. The molecule has 1 saturated heterocycles. The van der Waals surface area contributed by atoms with Gasteiger partial charge in [0.05, 0.1) is 25.3 Å². The van der Waals surface area contributed by atoms with Gasteiger partial charge in [0.15, 0.2) is 0 Å². The highest BCUT2D eigenvalue weighted by atomic mass is 16.5. The number of ether oxygens (including phenoxy) is 3. The molecule has 1 N–H and O–H groups in total. The van der Waals surface area contributed by atoms with Crippen LogP contribution in [-0.2, 0) is 20.9 Å². The number of aryl methyl sites for hydroxylation is 2. The average Bonchev–Trinajstić information content (AvgIpc) is 3.16. The first-order valence-electron chi connectivity index (χ1n) is 12.0. The van der Waals surface area contributed by atoms with Gasteiger partial charge in [-0.3, -0.25) is 9.59 Å². The van der Waals surface area contributed by atoms with Crippen LogP contribution in [0.1, 0.15) is 33.9 Å². The zero-order valence-electron chi connectivity index (χ0n) is 21.5. The molecule has 0 aromatic heterocycles. The summed E-state index contributed by atoms with van der Waals surface area (Å²) in [7, 11) is 3.09. The number of nitrogens with zero attached hydrogens (tertiary/aromatic N) is 1. The van der Waals surface area contributed by atoms with E-state index in [9.17, 15) is 14.7 Å². The quantitative estimate of drug-likeness (QED) is 0.253. The van der Waals surface area contributed by atoms with Gasteiger partial charge in [-0.2, -0.15) is 0 Å². The van der Waals surface area contributed by atoms with Gasteiger partial charge in [-0.15, -0.1) is 0 Å². The number of Topliss-reactive ketones (excluding diaryl/α,β-unsaturated/α-hetero) is 1. The molecule has 1 heterocycles. The van der Waals surface area contributed by atoms with Gasteiger partial charge in [-0.05, 0) is 60.9 Å². The molecule has 1 atom stereocenters. The topological polar surface area (TPSA) is 85.3 Å². The molecule has 0 radical (unpaired) electrons. The minimum atomic E-state index is -0.792. The predicted octanol–water partition coefficient (Wildman–Crippen LogP) is 4.96. The molecule has 1 aliphatic heterocycles. The molecule has 0 saturated carbocycles. The molecule has 0 spiro atoms. The van der Waals surface area contributed by atoms with Crippen LogP contribution >= 0.6 is 0 Å². The van der Waals surface area contributed by atoms with Crippen LogP contribution in [0.5, 0.6) is 11.5 Å². The summed E-state index contributed by atoms with van der Waals surface area (Å²) in [6, 6.07) is 19.7. The minimum absolute atomic E-state index is 0.0325. The Hall–Kier alpha value is -4.10. The average molecular weight is 502 g/mol. The van der Waals surface area contributed by atoms with Gasteiger partial charge in [0.25, 0.3) is 11.7 Å². The number of hydrogen-bond acceptors (Lipinski definition) is 6. The van der Waals surface area contributed by atoms with E-state index in [1.807, 2.05) is 56.3 Å². The third-order valence-electron chi connectivity index (χ3n) is 6.46. The number of aliphatic hydroxyl groups is 1. The lowest BCUT2D eigenvalue weighted by atomic mass is 9.93. The van der Waals surface area contributed by atoms with Gasteiger partial charge in [0.2, 0.25) is 0 Å². The summed E-state index contributed by atoms with van der Waals surface area (Å²) in [5.74, 6) is -0.421. The van der Waals surface area contributed by atoms with Crippen molar-refractivity contribution >= 4 is 17.4 Å². The summed E-state index contributed by atoms with van der Waals surface area (Å²) < 4.78 is 16.5. The van der Waals surface area contributed by atoms with Crippen molar-refractivity contribution in [3.05, 3.63) is 100 Å². The van der Waals surface area contributed by atoms with E-state index in [-0.39, 0.29) is 24.5 Å². The highest BCUT2D eigenvalue weighted by Crippen LogP contribution is 2.40. The molecule has 37 heavy (non-hydrogen) atoms. The summed E-state index contributed by atoms with van der Waals surface area (Å²) >= 11 is 0. The first-order valence-corrected chi connectivity index (χ1v) is 12.0. The molecule has 4 rings (SSSR count). The van der Waals surface area contributed by atoms with Crippen LogP contribution in [-0.4, -0.2) is 49.1 Å². The second-order valence-corrected chi connectivity index (χ2v) is 9.01. The standard InChI is InChI=1S/C30H31NO6/c1-19-8-10-21(11-9-19)18-37-24-7-5-6-22(17-24)27-26(29(33)30(34)31(27)14-15-35-3)28(32)25-13-12-23(36-4)16-20(25)2/h5-13,16-17,27,32H,14-15,18H2,1-4H3/b28-26+. The van der Waals surface area contributed by atoms with Crippen molar-refractivity contribution in [2.75, 3.05) is 27.4 Å². The Morgan fingerprint density at radius 3 is 2.38 bits per heavy atom. The Morgan fingerprint density at radius 2 is 1.70 bits per heavy atom. The molecule has 1 fully saturated rings. The number of hydrogen-bond donors (Lipinski definition) is 1. The highest BCUT2D eigenvalue weighted by Gasteiger charge is 2.46. The van der Waals surface area contributed by atoms with Crippen LogP contribution in [0.2, 0.25) is 0 Å². The van der Waals surface area contributed by atoms with E-state index < -0.39 is 17.7 Å².